The number of carbonyl (C=O) groups excluding carboxylic acids is 1. The fraction of sp³-hybridized carbons (Fsp3) is 0.0769. The lowest BCUT2D eigenvalue weighted by molar-refractivity contribution is 0.0601. The van der Waals surface area contributed by atoms with Gasteiger partial charge in [-0.15, -0.1) is 0 Å². The summed E-state index contributed by atoms with van der Waals surface area (Å²) in [6.07, 6.45) is 3.30. The minimum absolute atomic E-state index is 0.291. The Labute approximate surface area is 100 Å². The lowest BCUT2D eigenvalue weighted by Gasteiger charge is -1.95. The molecule has 0 fully saturated rings. The van der Waals surface area contributed by atoms with E-state index in [9.17, 15) is 4.79 Å². The topological polar surface area (TPSA) is 65.2 Å². The van der Waals surface area contributed by atoms with Crippen molar-refractivity contribution in [2.75, 3.05) is 12.8 Å². The second-order valence-electron chi connectivity index (χ2n) is 3.14. The molecule has 1 aromatic heterocycles. The molecule has 0 saturated heterocycles. The summed E-state index contributed by atoms with van der Waals surface area (Å²) < 4.78 is 4.50. The maximum absolute atomic E-state index is 10.8. The van der Waals surface area contributed by atoms with Gasteiger partial charge in [0.25, 0.3) is 0 Å². The fourth-order valence-electron chi connectivity index (χ4n) is 1.07. The van der Waals surface area contributed by atoms with Crippen LogP contribution >= 0.6 is 0 Å². The standard InChI is InChI=1S/C8H8O2.C5H6N2/c1-10-8(9)7-5-3-2-4-6-7;6-5-2-1-3-7-4-5/h2-6H,1H3;1-4H,6H2. The third-order valence-corrected chi connectivity index (χ3v) is 1.88. The molecule has 2 aromatic rings. The Bertz CT molecular complexity index is 443. The van der Waals surface area contributed by atoms with Gasteiger partial charge in [0, 0.05) is 12.4 Å². The lowest BCUT2D eigenvalue weighted by Crippen LogP contribution is -1.99. The zero-order chi connectivity index (χ0) is 12.5. The average Bonchev–Trinajstić information content (AvgIpc) is 2.40. The third-order valence-electron chi connectivity index (χ3n) is 1.88. The van der Waals surface area contributed by atoms with Gasteiger partial charge in [-0.3, -0.25) is 4.98 Å². The van der Waals surface area contributed by atoms with Crippen LogP contribution in [-0.4, -0.2) is 18.1 Å². The van der Waals surface area contributed by atoms with Gasteiger partial charge in [0.2, 0.25) is 0 Å². The molecule has 0 atom stereocenters. The molecule has 0 unspecified atom stereocenters. The maximum Gasteiger partial charge on any atom is 0.337 e. The molecule has 0 saturated carbocycles. The van der Waals surface area contributed by atoms with Gasteiger partial charge in [0.05, 0.1) is 18.4 Å². The summed E-state index contributed by atoms with van der Waals surface area (Å²) >= 11 is 0. The third kappa shape index (κ3) is 4.79. The van der Waals surface area contributed by atoms with Gasteiger partial charge in [-0.05, 0) is 24.3 Å². The summed E-state index contributed by atoms with van der Waals surface area (Å²) in [5.74, 6) is -0.291. The second-order valence-corrected chi connectivity index (χ2v) is 3.14. The number of esters is 1. The van der Waals surface area contributed by atoms with Crippen LogP contribution in [0.4, 0.5) is 5.69 Å². The Kier molecular flexibility index (Phi) is 5.24. The molecule has 4 nitrogen and oxygen atoms in total. The summed E-state index contributed by atoms with van der Waals surface area (Å²) in [4.78, 5) is 14.6. The summed E-state index contributed by atoms with van der Waals surface area (Å²) in [7, 11) is 1.37. The minimum Gasteiger partial charge on any atom is -0.465 e. The Hall–Kier alpha value is -2.36. The molecule has 17 heavy (non-hydrogen) atoms. The van der Waals surface area contributed by atoms with E-state index in [0.717, 1.165) is 0 Å². The van der Waals surface area contributed by atoms with E-state index in [2.05, 4.69) is 9.72 Å². The highest BCUT2D eigenvalue weighted by atomic mass is 16.5. The van der Waals surface area contributed by atoms with Crippen LogP contribution in [0.15, 0.2) is 54.9 Å². The molecule has 0 amide bonds. The van der Waals surface area contributed by atoms with Crippen LogP contribution in [-0.2, 0) is 4.74 Å². The van der Waals surface area contributed by atoms with E-state index in [4.69, 9.17) is 5.73 Å². The van der Waals surface area contributed by atoms with E-state index in [1.54, 1.807) is 48.8 Å². The zero-order valence-corrected chi connectivity index (χ0v) is 9.54. The van der Waals surface area contributed by atoms with Crippen molar-refractivity contribution in [3.05, 3.63) is 60.4 Å². The summed E-state index contributed by atoms with van der Waals surface area (Å²) in [6.45, 7) is 0. The summed E-state index contributed by atoms with van der Waals surface area (Å²) in [5, 5.41) is 0. The van der Waals surface area contributed by atoms with Crippen LogP contribution in [0.5, 0.6) is 0 Å². The van der Waals surface area contributed by atoms with E-state index >= 15 is 0 Å². The number of anilines is 1. The number of nitrogens with zero attached hydrogens (tertiary/aromatic N) is 1. The van der Waals surface area contributed by atoms with Crippen molar-refractivity contribution in [1.29, 1.82) is 0 Å². The number of nitrogen functional groups attached to an aromatic ring is 1. The molecule has 1 aromatic carbocycles. The number of aromatic nitrogens is 1. The molecule has 0 aliphatic carbocycles. The predicted octanol–water partition coefficient (Wildman–Crippen LogP) is 2.14. The lowest BCUT2D eigenvalue weighted by atomic mass is 10.2. The molecule has 0 radical (unpaired) electrons. The second kappa shape index (κ2) is 7.00. The summed E-state index contributed by atoms with van der Waals surface area (Å²) in [6, 6.07) is 12.5. The minimum atomic E-state index is -0.291. The molecule has 0 aliphatic heterocycles. The monoisotopic (exact) mass is 230 g/mol. The van der Waals surface area contributed by atoms with Gasteiger partial charge in [0.1, 0.15) is 0 Å². The smallest absolute Gasteiger partial charge is 0.337 e. The fourth-order valence-corrected chi connectivity index (χ4v) is 1.07. The Morgan fingerprint density at radius 1 is 1.18 bits per heavy atom. The van der Waals surface area contributed by atoms with E-state index in [0.29, 0.717) is 11.3 Å². The largest absolute Gasteiger partial charge is 0.465 e. The average molecular weight is 230 g/mol. The van der Waals surface area contributed by atoms with Crippen molar-refractivity contribution in [3.63, 3.8) is 0 Å². The molecule has 4 heteroatoms. The Morgan fingerprint density at radius 3 is 2.29 bits per heavy atom. The number of rotatable bonds is 1. The quantitative estimate of drug-likeness (QED) is 0.762. The van der Waals surface area contributed by atoms with Crippen molar-refractivity contribution in [2.24, 2.45) is 0 Å². The first-order valence-electron chi connectivity index (χ1n) is 5.03. The van der Waals surface area contributed by atoms with Crippen molar-refractivity contribution < 1.29 is 9.53 Å². The highest BCUT2D eigenvalue weighted by molar-refractivity contribution is 5.89. The number of hydrogen-bond acceptors (Lipinski definition) is 4. The van der Waals surface area contributed by atoms with E-state index in [1.807, 2.05) is 6.07 Å². The number of carbonyl (C=O) groups is 1. The van der Waals surface area contributed by atoms with E-state index < -0.39 is 0 Å². The molecular weight excluding hydrogens is 216 g/mol. The SMILES string of the molecule is COC(=O)c1ccccc1.Nc1cccnc1. The molecule has 2 N–H and O–H groups in total. The molecule has 88 valence electrons. The highest BCUT2D eigenvalue weighted by Gasteiger charge is 2.00. The zero-order valence-electron chi connectivity index (χ0n) is 9.54. The number of benzene rings is 1. The Balaban J connectivity index is 0.000000181. The summed E-state index contributed by atoms with van der Waals surface area (Å²) in [5.41, 5.74) is 6.59. The molecular formula is C13H14N2O2. The van der Waals surface area contributed by atoms with Crippen molar-refractivity contribution in [2.45, 2.75) is 0 Å². The number of nitrogens with two attached hydrogens (primary N) is 1. The van der Waals surface area contributed by atoms with Crippen LogP contribution in [0.3, 0.4) is 0 Å². The van der Waals surface area contributed by atoms with Gasteiger partial charge in [-0.1, -0.05) is 18.2 Å². The van der Waals surface area contributed by atoms with Gasteiger partial charge < -0.3 is 10.5 Å². The van der Waals surface area contributed by atoms with Crippen LogP contribution in [0.2, 0.25) is 0 Å². The van der Waals surface area contributed by atoms with Gasteiger partial charge >= 0.3 is 5.97 Å². The van der Waals surface area contributed by atoms with Gasteiger partial charge in [0.15, 0.2) is 0 Å². The number of hydrogen-bond donors (Lipinski definition) is 1. The normalized spacial score (nSPS) is 8.76. The first kappa shape index (κ1) is 12.7. The molecule has 1 heterocycles. The highest BCUT2D eigenvalue weighted by Crippen LogP contribution is 1.98. The molecule has 2 rings (SSSR count). The number of pyridine rings is 1. The van der Waals surface area contributed by atoms with Crippen molar-refractivity contribution in [3.8, 4) is 0 Å². The molecule has 0 spiro atoms. The Morgan fingerprint density at radius 2 is 1.88 bits per heavy atom. The van der Waals surface area contributed by atoms with Crippen molar-refractivity contribution in [1.82, 2.24) is 4.98 Å². The van der Waals surface area contributed by atoms with Gasteiger partial charge in [-0.25, -0.2) is 4.79 Å². The first-order valence-corrected chi connectivity index (χ1v) is 5.03. The van der Waals surface area contributed by atoms with Crippen LogP contribution in [0.25, 0.3) is 0 Å². The predicted molar refractivity (Wildman–Crippen MR) is 66.4 cm³/mol. The molecule has 0 bridgehead atoms. The maximum atomic E-state index is 10.8. The van der Waals surface area contributed by atoms with E-state index in [-0.39, 0.29) is 5.97 Å². The van der Waals surface area contributed by atoms with Crippen LogP contribution in [0.1, 0.15) is 10.4 Å². The van der Waals surface area contributed by atoms with Crippen LogP contribution in [0, 0.1) is 0 Å². The van der Waals surface area contributed by atoms with Gasteiger partial charge in [-0.2, -0.15) is 0 Å². The van der Waals surface area contributed by atoms with Crippen LogP contribution < -0.4 is 5.73 Å². The van der Waals surface area contributed by atoms with Crippen molar-refractivity contribution >= 4 is 11.7 Å². The number of ether oxygens (including phenoxy) is 1. The molecule has 0 aliphatic rings. The first-order chi connectivity index (χ1) is 8.24. The van der Waals surface area contributed by atoms with E-state index in [1.165, 1.54) is 7.11 Å². The number of methoxy groups -OCH3 is 1.